The van der Waals surface area contributed by atoms with Crippen LogP contribution in [0.2, 0.25) is 0 Å². The summed E-state index contributed by atoms with van der Waals surface area (Å²) in [5.41, 5.74) is 0.286. The lowest BCUT2D eigenvalue weighted by Gasteiger charge is -2.17. The Morgan fingerprint density at radius 2 is 2.00 bits per heavy atom. The molecule has 0 aliphatic carbocycles. The van der Waals surface area contributed by atoms with E-state index in [0.717, 1.165) is 18.1 Å². The lowest BCUT2D eigenvalue weighted by molar-refractivity contribution is -0.138. The Morgan fingerprint density at radius 1 is 1.24 bits per heavy atom. The first-order valence-electron chi connectivity index (χ1n) is 6.46. The summed E-state index contributed by atoms with van der Waals surface area (Å²) in [5.74, 6) is -0.877. The fraction of sp³-hybridized carbons (Fsp3) is 0.333. The van der Waals surface area contributed by atoms with Crippen LogP contribution in [-0.2, 0) is 19.1 Å². The third-order valence-electron chi connectivity index (χ3n) is 3.14. The summed E-state index contributed by atoms with van der Waals surface area (Å²) in [6, 6.07) is 4.80. The maximum Gasteiger partial charge on any atom is 0.416 e. The van der Waals surface area contributed by atoms with Crippen LogP contribution in [0.15, 0.2) is 35.0 Å². The third kappa shape index (κ3) is 4.54. The summed E-state index contributed by atoms with van der Waals surface area (Å²) in [4.78, 5) is 0. The average molecular weight is 317 g/mol. The van der Waals surface area contributed by atoms with Gasteiger partial charge in [-0.05, 0) is 53.4 Å². The van der Waals surface area contributed by atoms with Gasteiger partial charge in [-0.25, -0.2) is 4.39 Å². The van der Waals surface area contributed by atoms with E-state index >= 15 is 0 Å². The predicted octanol–water partition coefficient (Wildman–Crippen LogP) is 4.63. The van der Waals surface area contributed by atoms with Crippen molar-refractivity contribution >= 4 is 11.3 Å². The van der Waals surface area contributed by atoms with E-state index in [1.165, 1.54) is 6.07 Å². The first-order valence-corrected chi connectivity index (χ1v) is 7.40. The molecule has 0 aliphatic heterocycles. The van der Waals surface area contributed by atoms with Crippen molar-refractivity contribution in [3.8, 4) is 0 Å². The maximum atomic E-state index is 13.0. The van der Waals surface area contributed by atoms with Gasteiger partial charge in [0.2, 0.25) is 0 Å². The number of halogens is 4. The van der Waals surface area contributed by atoms with Gasteiger partial charge in [-0.3, -0.25) is 0 Å². The van der Waals surface area contributed by atoms with E-state index in [1.807, 2.05) is 23.8 Å². The van der Waals surface area contributed by atoms with Crippen LogP contribution < -0.4 is 5.32 Å². The molecule has 2 rings (SSSR count). The Bertz CT molecular complexity index is 578. The van der Waals surface area contributed by atoms with E-state index < -0.39 is 17.6 Å². The number of rotatable bonds is 5. The fourth-order valence-electron chi connectivity index (χ4n) is 2.09. The molecule has 0 aliphatic rings. The van der Waals surface area contributed by atoms with Gasteiger partial charge in [-0.1, -0.05) is 6.07 Å². The molecule has 1 atom stereocenters. The molecule has 0 bridgehead atoms. The smallest absolute Gasteiger partial charge is 0.310 e. The molecule has 1 nitrogen and oxygen atoms in total. The minimum atomic E-state index is -4.55. The lowest BCUT2D eigenvalue weighted by Crippen LogP contribution is -2.28. The molecule has 1 aromatic heterocycles. The van der Waals surface area contributed by atoms with E-state index in [4.69, 9.17) is 0 Å². The van der Waals surface area contributed by atoms with Gasteiger partial charge in [0.15, 0.2) is 0 Å². The lowest BCUT2D eigenvalue weighted by atomic mass is 10.1. The van der Waals surface area contributed by atoms with Gasteiger partial charge < -0.3 is 5.32 Å². The molecule has 6 heteroatoms. The highest BCUT2D eigenvalue weighted by Gasteiger charge is 2.33. The molecule has 0 saturated carbocycles. The highest BCUT2D eigenvalue weighted by Crippen LogP contribution is 2.32. The molecule has 2 aromatic rings. The zero-order valence-electron chi connectivity index (χ0n) is 11.4. The SMILES string of the molecule is CC(Cc1ccsc1)NCc1ccc(F)cc1C(F)(F)F. The van der Waals surface area contributed by atoms with Crippen LogP contribution in [0.1, 0.15) is 23.6 Å². The fourth-order valence-corrected chi connectivity index (χ4v) is 2.77. The predicted molar refractivity (Wildman–Crippen MR) is 75.7 cm³/mol. The Morgan fingerprint density at radius 3 is 2.62 bits per heavy atom. The van der Waals surface area contributed by atoms with Crippen molar-refractivity contribution in [2.24, 2.45) is 0 Å². The van der Waals surface area contributed by atoms with Gasteiger partial charge in [-0.15, -0.1) is 0 Å². The standard InChI is InChI=1S/C15H15F4NS/c1-10(6-11-4-5-21-9-11)20-8-12-2-3-13(16)7-14(12)15(17,18)19/h2-5,7,9-10,20H,6,8H2,1H3. The molecule has 1 aromatic carbocycles. The van der Waals surface area contributed by atoms with Crippen molar-refractivity contribution in [1.29, 1.82) is 0 Å². The van der Waals surface area contributed by atoms with Gasteiger partial charge in [-0.2, -0.15) is 24.5 Å². The van der Waals surface area contributed by atoms with Crippen molar-refractivity contribution in [3.05, 3.63) is 57.5 Å². The molecule has 0 spiro atoms. The summed E-state index contributed by atoms with van der Waals surface area (Å²) in [6.07, 6.45) is -3.80. The molecule has 0 fully saturated rings. The summed E-state index contributed by atoms with van der Waals surface area (Å²) in [6.45, 7) is 1.97. The summed E-state index contributed by atoms with van der Waals surface area (Å²) in [5, 5.41) is 7.02. The summed E-state index contributed by atoms with van der Waals surface area (Å²) >= 11 is 1.59. The number of hydrogen-bond donors (Lipinski definition) is 1. The molecule has 0 saturated heterocycles. The van der Waals surface area contributed by atoms with Crippen molar-refractivity contribution in [1.82, 2.24) is 5.32 Å². The van der Waals surface area contributed by atoms with Gasteiger partial charge in [0, 0.05) is 12.6 Å². The monoisotopic (exact) mass is 317 g/mol. The van der Waals surface area contributed by atoms with Crippen LogP contribution in [0.25, 0.3) is 0 Å². The minimum absolute atomic E-state index is 0.0331. The Kier molecular flexibility index (Phi) is 5.00. The van der Waals surface area contributed by atoms with E-state index in [2.05, 4.69) is 5.32 Å². The second kappa shape index (κ2) is 6.58. The quantitative estimate of drug-likeness (QED) is 0.793. The van der Waals surface area contributed by atoms with Crippen molar-refractivity contribution in [2.75, 3.05) is 0 Å². The first kappa shape index (κ1) is 16.0. The maximum absolute atomic E-state index is 13.0. The topological polar surface area (TPSA) is 12.0 Å². The van der Waals surface area contributed by atoms with E-state index in [1.54, 1.807) is 11.3 Å². The molecule has 21 heavy (non-hydrogen) atoms. The molecule has 0 amide bonds. The largest absolute Gasteiger partial charge is 0.416 e. The van der Waals surface area contributed by atoms with Gasteiger partial charge >= 0.3 is 6.18 Å². The second-order valence-corrected chi connectivity index (χ2v) is 5.70. The van der Waals surface area contributed by atoms with Gasteiger partial charge in [0.25, 0.3) is 0 Å². The zero-order chi connectivity index (χ0) is 15.5. The average Bonchev–Trinajstić information content (AvgIpc) is 2.89. The summed E-state index contributed by atoms with van der Waals surface area (Å²) in [7, 11) is 0. The van der Waals surface area contributed by atoms with Crippen LogP contribution in [0.5, 0.6) is 0 Å². The van der Waals surface area contributed by atoms with Crippen LogP contribution in [0, 0.1) is 5.82 Å². The number of benzene rings is 1. The summed E-state index contributed by atoms with van der Waals surface area (Å²) < 4.78 is 51.6. The van der Waals surface area contributed by atoms with E-state index in [9.17, 15) is 17.6 Å². The molecule has 114 valence electrons. The van der Waals surface area contributed by atoms with Crippen molar-refractivity contribution < 1.29 is 17.6 Å². The van der Waals surface area contributed by atoms with Crippen LogP contribution in [-0.4, -0.2) is 6.04 Å². The third-order valence-corrected chi connectivity index (χ3v) is 3.87. The molecule has 1 unspecified atom stereocenters. The zero-order valence-corrected chi connectivity index (χ0v) is 12.2. The Balaban J connectivity index is 2.03. The molecular formula is C15H15F4NS. The molecule has 1 N–H and O–H groups in total. The van der Waals surface area contributed by atoms with Crippen LogP contribution in [0.4, 0.5) is 17.6 Å². The number of alkyl halides is 3. The number of hydrogen-bond acceptors (Lipinski definition) is 2. The second-order valence-electron chi connectivity index (χ2n) is 4.92. The normalized spacial score (nSPS) is 13.4. The van der Waals surface area contributed by atoms with E-state index in [-0.39, 0.29) is 18.2 Å². The molecular weight excluding hydrogens is 302 g/mol. The highest BCUT2D eigenvalue weighted by molar-refractivity contribution is 7.07. The van der Waals surface area contributed by atoms with Crippen LogP contribution >= 0.6 is 11.3 Å². The van der Waals surface area contributed by atoms with Gasteiger partial charge in [0.05, 0.1) is 5.56 Å². The number of nitrogens with one attached hydrogen (secondary N) is 1. The Labute approximate surface area is 124 Å². The van der Waals surface area contributed by atoms with Crippen molar-refractivity contribution in [2.45, 2.75) is 32.1 Å². The van der Waals surface area contributed by atoms with Crippen LogP contribution in [0.3, 0.4) is 0 Å². The Hall–Kier alpha value is -1.40. The van der Waals surface area contributed by atoms with E-state index in [0.29, 0.717) is 6.07 Å². The molecule has 0 radical (unpaired) electrons. The number of thiophene rings is 1. The van der Waals surface area contributed by atoms with Gasteiger partial charge in [0.1, 0.15) is 5.82 Å². The van der Waals surface area contributed by atoms with Crippen molar-refractivity contribution in [3.63, 3.8) is 0 Å². The molecule has 1 heterocycles. The highest BCUT2D eigenvalue weighted by atomic mass is 32.1. The minimum Gasteiger partial charge on any atom is -0.310 e. The first-order chi connectivity index (χ1) is 9.86.